The van der Waals surface area contributed by atoms with Crippen LogP contribution in [-0.2, 0) is 10.0 Å². The van der Waals surface area contributed by atoms with Gasteiger partial charge in [-0.15, -0.1) is 0 Å². The summed E-state index contributed by atoms with van der Waals surface area (Å²) in [5.41, 5.74) is 0. The van der Waals surface area contributed by atoms with Crippen LogP contribution in [0.4, 0.5) is 5.82 Å². The zero-order valence-electron chi connectivity index (χ0n) is 12.1. The van der Waals surface area contributed by atoms with Crippen LogP contribution in [0.5, 0.6) is 0 Å². The number of hydrogen-bond donors (Lipinski definition) is 2. The Bertz CT molecular complexity index is 545. The quantitative estimate of drug-likeness (QED) is 0.773. The zero-order chi connectivity index (χ0) is 14.6. The minimum Gasteiger partial charge on any atom is -0.370 e. The Morgan fingerprint density at radius 2 is 2.15 bits per heavy atom. The van der Waals surface area contributed by atoms with E-state index < -0.39 is 10.0 Å². The smallest absolute Gasteiger partial charge is 0.241 e. The van der Waals surface area contributed by atoms with E-state index in [4.69, 9.17) is 0 Å². The molecular formula is C14H23N3O2S. The van der Waals surface area contributed by atoms with Crippen LogP contribution in [-0.4, -0.2) is 26.0 Å². The highest BCUT2D eigenvalue weighted by Crippen LogP contribution is 2.35. The van der Waals surface area contributed by atoms with Crippen molar-refractivity contribution in [2.45, 2.75) is 50.5 Å². The van der Waals surface area contributed by atoms with Gasteiger partial charge in [0.05, 0.1) is 4.90 Å². The first kappa shape index (κ1) is 15.3. The van der Waals surface area contributed by atoms with Crippen LogP contribution in [0.1, 0.15) is 39.5 Å². The summed E-state index contributed by atoms with van der Waals surface area (Å²) in [6, 6.07) is 3.24. The third-order valence-electron chi connectivity index (χ3n) is 3.49. The lowest BCUT2D eigenvalue weighted by Gasteiger charge is -2.08. The minimum atomic E-state index is -3.43. The van der Waals surface area contributed by atoms with Crippen molar-refractivity contribution in [3.05, 3.63) is 18.3 Å². The van der Waals surface area contributed by atoms with Crippen molar-refractivity contribution in [3.63, 3.8) is 0 Å². The van der Waals surface area contributed by atoms with Gasteiger partial charge < -0.3 is 5.32 Å². The number of sulfonamides is 1. The maximum atomic E-state index is 12.3. The van der Waals surface area contributed by atoms with Crippen LogP contribution in [0.15, 0.2) is 23.2 Å². The fourth-order valence-corrected chi connectivity index (χ4v) is 3.61. The van der Waals surface area contributed by atoms with E-state index in [0.29, 0.717) is 11.7 Å². The van der Waals surface area contributed by atoms with Gasteiger partial charge in [-0.1, -0.05) is 20.3 Å². The summed E-state index contributed by atoms with van der Waals surface area (Å²) in [7, 11) is -3.43. The van der Waals surface area contributed by atoms with Crippen molar-refractivity contribution >= 4 is 15.8 Å². The molecule has 2 rings (SSSR count). The van der Waals surface area contributed by atoms with Crippen LogP contribution < -0.4 is 10.0 Å². The van der Waals surface area contributed by atoms with E-state index in [9.17, 15) is 8.42 Å². The van der Waals surface area contributed by atoms with E-state index in [-0.39, 0.29) is 10.9 Å². The normalized spacial score (nSPS) is 21.7. The maximum absolute atomic E-state index is 12.3. The molecule has 0 saturated heterocycles. The highest BCUT2D eigenvalue weighted by atomic mass is 32.2. The first-order valence-electron chi connectivity index (χ1n) is 7.29. The highest BCUT2D eigenvalue weighted by Gasteiger charge is 2.39. The first-order chi connectivity index (χ1) is 9.56. The van der Waals surface area contributed by atoms with Gasteiger partial charge in [-0.25, -0.2) is 18.1 Å². The van der Waals surface area contributed by atoms with E-state index in [1.807, 2.05) is 0 Å². The van der Waals surface area contributed by atoms with Gasteiger partial charge >= 0.3 is 0 Å². The summed E-state index contributed by atoms with van der Waals surface area (Å²) in [5, 5.41) is 3.10. The number of hydrogen-bond acceptors (Lipinski definition) is 4. The Balaban J connectivity index is 2.02. The van der Waals surface area contributed by atoms with Gasteiger partial charge in [-0.2, -0.15) is 0 Å². The summed E-state index contributed by atoms with van der Waals surface area (Å²) in [6.07, 6.45) is 5.65. The van der Waals surface area contributed by atoms with Crippen LogP contribution in [0.25, 0.3) is 0 Å². The lowest BCUT2D eigenvalue weighted by molar-refractivity contribution is 0.573. The van der Waals surface area contributed by atoms with Crippen molar-refractivity contribution < 1.29 is 8.42 Å². The minimum absolute atomic E-state index is 0.111. The fourth-order valence-electron chi connectivity index (χ4n) is 2.28. The molecule has 5 nitrogen and oxygen atoms in total. The van der Waals surface area contributed by atoms with Gasteiger partial charge in [-0.05, 0) is 31.2 Å². The highest BCUT2D eigenvalue weighted by molar-refractivity contribution is 7.89. The van der Waals surface area contributed by atoms with Crippen molar-refractivity contribution in [1.82, 2.24) is 9.71 Å². The molecule has 2 atom stereocenters. The summed E-state index contributed by atoms with van der Waals surface area (Å²) < 4.78 is 27.4. The third kappa shape index (κ3) is 3.93. The topological polar surface area (TPSA) is 71.1 Å². The largest absolute Gasteiger partial charge is 0.370 e. The van der Waals surface area contributed by atoms with Crippen LogP contribution >= 0.6 is 0 Å². The van der Waals surface area contributed by atoms with Crippen molar-refractivity contribution in [1.29, 1.82) is 0 Å². The van der Waals surface area contributed by atoms with E-state index in [0.717, 1.165) is 32.2 Å². The molecule has 1 aliphatic carbocycles. The molecule has 2 N–H and O–H groups in total. The van der Waals surface area contributed by atoms with Crippen molar-refractivity contribution in [2.24, 2.45) is 5.92 Å². The Labute approximate surface area is 121 Å². The maximum Gasteiger partial charge on any atom is 0.241 e. The lowest BCUT2D eigenvalue weighted by Crippen LogP contribution is -2.27. The summed E-state index contributed by atoms with van der Waals surface area (Å²) in [4.78, 5) is 4.41. The lowest BCUT2D eigenvalue weighted by atomic mass is 10.2. The Kier molecular flexibility index (Phi) is 4.99. The average Bonchev–Trinajstić information content (AvgIpc) is 3.14. The number of nitrogens with zero attached hydrogens (tertiary/aromatic N) is 1. The number of anilines is 1. The molecule has 0 aliphatic heterocycles. The standard InChI is InChI=1S/C14H23N3O2S/c1-3-5-11-9-13(11)17-20(18,19)12-6-8-16-14(10-12)15-7-4-2/h6,8,10-11,13,17H,3-5,7,9H2,1-2H3,(H,15,16). The second-order valence-corrected chi connectivity index (χ2v) is 7.03. The zero-order valence-corrected chi connectivity index (χ0v) is 12.9. The van der Waals surface area contributed by atoms with Gasteiger partial charge in [0.15, 0.2) is 0 Å². The number of aromatic nitrogens is 1. The van der Waals surface area contributed by atoms with E-state index in [1.54, 1.807) is 6.07 Å². The molecule has 1 aromatic rings. The van der Waals surface area contributed by atoms with Crippen molar-refractivity contribution in [2.75, 3.05) is 11.9 Å². The van der Waals surface area contributed by atoms with E-state index in [2.05, 4.69) is 28.9 Å². The Morgan fingerprint density at radius 1 is 1.35 bits per heavy atom. The number of nitrogens with one attached hydrogen (secondary N) is 2. The van der Waals surface area contributed by atoms with Crippen LogP contribution in [0.3, 0.4) is 0 Å². The molecular weight excluding hydrogens is 274 g/mol. The number of rotatable bonds is 8. The molecule has 0 spiro atoms. The first-order valence-corrected chi connectivity index (χ1v) is 8.77. The SMILES string of the molecule is CCCNc1cc(S(=O)(=O)NC2CC2CCC)ccn1. The van der Waals surface area contributed by atoms with Gasteiger partial charge in [0.2, 0.25) is 10.0 Å². The van der Waals surface area contributed by atoms with Crippen molar-refractivity contribution in [3.8, 4) is 0 Å². The molecule has 0 radical (unpaired) electrons. The molecule has 1 heterocycles. The average molecular weight is 297 g/mol. The molecule has 1 fully saturated rings. The van der Waals surface area contributed by atoms with E-state index in [1.165, 1.54) is 12.3 Å². The predicted octanol–water partition coefficient (Wildman–Crippen LogP) is 2.37. The molecule has 0 amide bonds. The molecule has 1 aliphatic rings. The molecule has 112 valence electrons. The molecule has 1 saturated carbocycles. The molecule has 1 aromatic heterocycles. The monoisotopic (exact) mass is 297 g/mol. The van der Waals surface area contributed by atoms with Gasteiger partial charge in [0, 0.05) is 24.8 Å². The predicted molar refractivity (Wildman–Crippen MR) is 80.1 cm³/mol. The molecule has 20 heavy (non-hydrogen) atoms. The summed E-state index contributed by atoms with van der Waals surface area (Å²) in [6.45, 7) is 4.96. The van der Waals surface area contributed by atoms with Gasteiger partial charge in [0.25, 0.3) is 0 Å². The molecule has 6 heteroatoms. The second-order valence-electron chi connectivity index (χ2n) is 5.32. The van der Waals surface area contributed by atoms with Gasteiger partial charge in [-0.3, -0.25) is 0 Å². The Morgan fingerprint density at radius 3 is 2.85 bits per heavy atom. The fraction of sp³-hybridized carbons (Fsp3) is 0.643. The van der Waals surface area contributed by atoms with Crippen LogP contribution in [0, 0.1) is 5.92 Å². The number of pyridine rings is 1. The third-order valence-corrected chi connectivity index (χ3v) is 4.97. The molecule has 2 unspecified atom stereocenters. The van der Waals surface area contributed by atoms with Crippen LogP contribution in [0.2, 0.25) is 0 Å². The molecule has 0 aromatic carbocycles. The van der Waals surface area contributed by atoms with E-state index >= 15 is 0 Å². The van der Waals surface area contributed by atoms with Gasteiger partial charge in [0.1, 0.15) is 5.82 Å². The summed E-state index contributed by atoms with van der Waals surface area (Å²) >= 11 is 0. The second kappa shape index (κ2) is 6.54. The summed E-state index contributed by atoms with van der Waals surface area (Å²) in [5.74, 6) is 1.12. The molecule has 0 bridgehead atoms. The Hall–Kier alpha value is -1.14.